The Morgan fingerprint density at radius 1 is 0.808 bits per heavy atom. The highest BCUT2D eigenvalue weighted by Crippen LogP contribution is 2.46. The predicted octanol–water partition coefficient (Wildman–Crippen LogP) is 4.54. The molecule has 3 N–H and O–H groups in total. The van der Waals surface area contributed by atoms with Gasteiger partial charge in [-0.1, -0.05) is 32.9 Å². The topological polar surface area (TPSA) is 208 Å². The Morgan fingerprint density at radius 2 is 1.49 bits per heavy atom. The quantitative estimate of drug-likeness (QED) is 0.0731. The van der Waals surface area contributed by atoms with Gasteiger partial charge in [-0.2, -0.15) is 5.26 Å². The predicted molar refractivity (Wildman–Crippen MR) is 273 cm³/mol. The zero-order chi connectivity index (χ0) is 51.1. The minimum atomic E-state index is -0.651. The number of carbonyl (C=O) groups excluding carboxylic acids is 5. The summed E-state index contributed by atoms with van der Waals surface area (Å²) in [6, 6.07) is 17.4. The largest absolute Gasteiger partial charge is 0.382 e. The van der Waals surface area contributed by atoms with Crippen LogP contribution in [-0.4, -0.2) is 173 Å². The number of anilines is 2. The molecule has 18 heteroatoms. The first-order valence-corrected chi connectivity index (χ1v) is 25.9. The number of ether oxygens (including phenoxy) is 5. The molecule has 1 atom stereocenters. The maximum Gasteiger partial charge on any atom is 0.255 e. The molecule has 1 aromatic heterocycles. The van der Waals surface area contributed by atoms with Crippen LogP contribution in [0, 0.1) is 11.3 Å². The van der Waals surface area contributed by atoms with Gasteiger partial charge in [-0.3, -0.25) is 34.2 Å². The van der Waals surface area contributed by atoms with Gasteiger partial charge in [0.25, 0.3) is 5.91 Å². The summed E-state index contributed by atoms with van der Waals surface area (Å²) in [4.78, 5) is 76.1. The minimum absolute atomic E-state index is 0.00247. The molecule has 0 spiro atoms. The number of nitriles is 1. The second-order valence-corrected chi connectivity index (χ2v) is 19.9. The summed E-state index contributed by atoms with van der Waals surface area (Å²) in [5.74, 6) is -0.896. The highest BCUT2D eigenvalue weighted by molar-refractivity contribution is 6.20. The first-order chi connectivity index (χ1) is 35.5. The monoisotopic (exact) mass is 1000 g/mol. The van der Waals surface area contributed by atoms with E-state index in [4.69, 9.17) is 23.7 Å². The summed E-state index contributed by atoms with van der Waals surface area (Å²) in [5, 5.41) is 16.0. The van der Waals surface area contributed by atoms with Gasteiger partial charge >= 0.3 is 0 Å². The Kier molecular flexibility index (Phi) is 16.5. The Balaban J connectivity index is 0.590. The summed E-state index contributed by atoms with van der Waals surface area (Å²) >= 11 is 0. The average molecular weight is 1000 g/mol. The van der Waals surface area contributed by atoms with Crippen molar-refractivity contribution in [1.29, 1.82) is 5.26 Å². The fourth-order valence-electron chi connectivity index (χ4n) is 11.1. The number of rotatable bonds is 22. The first-order valence-electron chi connectivity index (χ1n) is 25.9. The van der Waals surface area contributed by atoms with E-state index < -0.39 is 17.4 Å². The number of imide groups is 1. The van der Waals surface area contributed by atoms with Crippen LogP contribution in [0.25, 0.3) is 10.9 Å². The standard InChI is InChI=1S/C55H68N8O10/c1-4-37-31-41-43(55(2,3)52-50(51(41)66)40-9-8-36(33-56)30-45(40)58-52)32-47(37)61-15-12-38(13-16-61)60-17-19-62(20-18-60)49(65)35-73-29-28-72-27-26-71-25-24-70-23-22-69-21-14-57-44-7-5-6-39-42(44)34-63(54(39)68)46-10-11-48(64)59-53(46)67/h5-9,30-32,38,46,57-58H,4,10-29,34-35H2,1-3H3,(H,59,64,67). The zero-order valence-corrected chi connectivity index (χ0v) is 42.4. The van der Waals surface area contributed by atoms with Gasteiger partial charge in [-0.05, 0) is 73.2 Å². The molecule has 388 valence electrons. The SMILES string of the molecule is CCc1cc2c(cc1N1CCC(N3CCN(C(=O)COCCOCCOCCOCCOCCNc4cccc5c4CN(C4CCC(=O)NC4=O)C5=O)CC3)CC1)C(C)(C)c1[nH]c3cc(C#N)ccc3c1C2=O. The number of aromatic nitrogens is 1. The van der Waals surface area contributed by atoms with Gasteiger partial charge in [0.1, 0.15) is 12.6 Å². The smallest absolute Gasteiger partial charge is 0.255 e. The van der Waals surface area contributed by atoms with Crippen LogP contribution in [0.4, 0.5) is 11.4 Å². The summed E-state index contributed by atoms with van der Waals surface area (Å²) in [5.41, 5.74) is 9.00. The van der Waals surface area contributed by atoms with E-state index in [9.17, 15) is 29.2 Å². The third kappa shape index (κ3) is 11.3. The number of ketones is 1. The van der Waals surface area contributed by atoms with Crippen molar-refractivity contribution in [3.05, 3.63) is 93.2 Å². The number of H-pyrrole nitrogens is 1. The fraction of sp³-hybridized carbons (Fsp3) is 0.527. The Labute approximate surface area is 426 Å². The maximum atomic E-state index is 14.1. The molecule has 0 radical (unpaired) electrons. The maximum absolute atomic E-state index is 14.1. The molecule has 5 heterocycles. The van der Waals surface area contributed by atoms with Crippen LogP contribution in [0.2, 0.25) is 0 Å². The molecule has 0 saturated carbocycles. The van der Waals surface area contributed by atoms with Gasteiger partial charge in [-0.25, -0.2) is 0 Å². The molecular formula is C55H68N8O10. The molecule has 9 rings (SSSR count). The highest BCUT2D eigenvalue weighted by Gasteiger charge is 2.42. The Morgan fingerprint density at radius 3 is 2.16 bits per heavy atom. The van der Waals surface area contributed by atoms with Crippen LogP contribution in [-0.2, 0) is 56.4 Å². The second-order valence-electron chi connectivity index (χ2n) is 19.9. The summed E-state index contributed by atoms with van der Waals surface area (Å²) in [6.07, 6.45) is 3.43. The summed E-state index contributed by atoms with van der Waals surface area (Å²) in [6.45, 7) is 16.0. The number of amides is 4. The first kappa shape index (κ1) is 51.7. The molecule has 73 heavy (non-hydrogen) atoms. The van der Waals surface area contributed by atoms with E-state index in [1.54, 1.807) is 17.0 Å². The van der Waals surface area contributed by atoms with Gasteiger partial charge in [-0.15, -0.1) is 0 Å². The second kappa shape index (κ2) is 23.3. The van der Waals surface area contributed by atoms with E-state index in [2.05, 4.69) is 64.4 Å². The normalized spacial score (nSPS) is 19.0. The lowest BCUT2D eigenvalue weighted by Gasteiger charge is -2.44. The van der Waals surface area contributed by atoms with E-state index in [1.165, 1.54) is 11.3 Å². The van der Waals surface area contributed by atoms with E-state index >= 15 is 0 Å². The molecule has 3 aromatic carbocycles. The van der Waals surface area contributed by atoms with Gasteiger partial charge in [0, 0.05) is 115 Å². The molecule has 3 fully saturated rings. The number of hydrogen-bond acceptors (Lipinski definition) is 14. The van der Waals surface area contributed by atoms with Gasteiger partial charge in [0.15, 0.2) is 5.78 Å². The summed E-state index contributed by atoms with van der Waals surface area (Å²) in [7, 11) is 0. The van der Waals surface area contributed by atoms with Crippen LogP contribution < -0.4 is 15.5 Å². The lowest BCUT2D eigenvalue weighted by atomic mass is 9.70. The van der Waals surface area contributed by atoms with Crippen LogP contribution in [0.3, 0.4) is 0 Å². The number of carbonyl (C=O) groups is 5. The number of nitrogens with zero attached hydrogens (tertiary/aromatic N) is 5. The number of nitrogens with one attached hydrogen (secondary N) is 3. The molecule has 4 amide bonds. The molecule has 1 unspecified atom stereocenters. The third-order valence-corrected chi connectivity index (χ3v) is 15.1. The van der Waals surface area contributed by atoms with Crippen molar-refractivity contribution in [1.82, 2.24) is 25.0 Å². The molecule has 1 aliphatic carbocycles. The number of fused-ring (bicyclic) bond motifs is 5. The van der Waals surface area contributed by atoms with E-state index in [0.29, 0.717) is 115 Å². The number of piperidine rings is 2. The fourth-order valence-corrected chi connectivity index (χ4v) is 11.1. The molecule has 3 saturated heterocycles. The van der Waals surface area contributed by atoms with Gasteiger partial charge < -0.3 is 48.7 Å². The minimum Gasteiger partial charge on any atom is -0.382 e. The van der Waals surface area contributed by atoms with Crippen LogP contribution in [0.5, 0.6) is 0 Å². The van der Waals surface area contributed by atoms with Crippen LogP contribution in [0.15, 0.2) is 48.5 Å². The van der Waals surface area contributed by atoms with Gasteiger partial charge in [0.2, 0.25) is 17.7 Å². The molecule has 18 nitrogen and oxygen atoms in total. The van der Waals surface area contributed by atoms with Crippen molar-refractivity contribution in [3.8, 4) is 6.07 Å². The molecular weight excluding hydrogens is 933 g/mol. The van der Waals surface area contributed by atoms with Gasteiger partial charge in [0.05, 0.1) is 76.7 Å². The zero-order valence-electron chi connectivity index (χ0n) is 42.4. The number of aromatic amines is 1. The lowest BCUT2D eigenvalue weighted by molar-refractivity contribution is -0.139. The van der Waals surface area contributed by atoms with Crippen molar-refractivity contribution in [2.75, 3.05) is 122 Å². The Hall–Kier alpha value is -6.20. The molecule has 4 aliphatic heterocycles. The van der Waals surface area contributed by atoms with Crippen LogP contribution in [0.1, 0.15) is 101 Å². The van der Waals surface area contributed by atoms with E-state index in [-0.39, 0.29) is 36.5 Å². The summed E-state index contributed by atoms with van der Waals surface area (Å²) < 4.78 is 28.2. The van der Waals surface area contributed by atoms with Crippen molar-refractivity contribution < 1.29 is 47.7 Å². The lowest BCUT2D eigenvalue weighted by Crippen LogP contribution is -2.55. The van der Waals surface area contributed by atoms with Crippen molar-refractivity contribution in [3.63, 3.8) is 0 Å². The van der Waals surface area contributed by atoms with Crippen molar-refractivity contribution in [2.45, 2.75) is 76.9 Å². The number of benzene rings is 3. The number of hydrogen-bond donors (Lipinski definition) is 3. The number of piperazine rings is 1. The number of aryl methyl sites for hydroxylation is 1. The molecule has 0 bridgehead atoms. The Bertz CT molecular complexity index is 2730. The highest BCUT2D eigenvalue weighted by atomic mass is 16.6. The van der Waals surface area contributed by atoms with E-state index in [1.807, 2.05) is 29.2 Å². The van der Waals surface area contributed by atoms with Crippen LogP contribution >= 0.6 is 0 Å². The van der Waals surface area contributed by atoms with Crippen molar-refractivity contribution >= 4 is 51.7 Å². The molecule has 5 aliphatic rings. The third-order valence-electron chi connectivity index (χ3n) is 15.1. The van der Waals surface area contributed by atoms with Crippen molar-refractivity contribution in [2.24, 2.45) is 0 Å². The molecule has 4 aromatic rings. The average Bonchev–Trinajstić information content (AvgIpc) is 3.97. The van der Waals surface area contributed by atoms with E-state index in [0.717, 1.165) is 84.4 Å².